The van der Waals surface area contributed by atoms with Crippen LogP contribution < -0.4 is 9.64 Å². The summed E-state index contributed by atoms with van der Waals surface area (Å²) in [6.07, 6.45) is 3.19. The van der Waals surface area contributed by atoms with Crippen molar-refractivity contribution in [1.29, 1.82) is 0 Å². The monoisotopic (exact) mass is 376 g/mol. The highest BCUT2D eigenvalue weighted by atomic mass is 16.5. The van der Waals surface area contributed by atoms with Gasteiger partial charge in [0.2, 0.25) is 0 Å². The number of nitrogens with zero attached hydrogens (tertiary/aromatic N) is 4. The number of benzene rings is 2. The summed E-state index contributed by atoms with van der Waals surface area (Å²) in [5.41, 5.74) is 3.19. The minimum Gasteiger partial charge on any atom is -0.475 e. The molecule has 1 aliphatic rings. The molecular formula is C23H28N4O. The molecule has 0 saturated carbocycles. The molecule has 146 valence electrons. The molecule has 1 fully saturated rings. The van der Waals surface area contributed by atoms with Crippen LogP contribution in [-0.4, -0.2) is 54.7 Å². The maximum absolute atomic E-state index is 6.13. The SMILES string of the molecule is CN1CCN(c2nc3ccccc3nc2OCCCCc2ccccc2)CC1. The molecule has 28 heavy (non-hydrogen) atoms. The lowest BCUT2D eigenvalue weighted by atomic mass is 10.1. The second kappa shape index (κ2) is 9.02. The van der Waals surface area contributed by atoms with Gasteiger partial charge in [-0.3, -0.25) is 0 Å². The van der Waals surface area contributed by atoms with Crippen LogP contribution >= 0.6 is 0 Å². The van der Waals surface area contributed by atoms with Crippen LogP contribution in [0.25, 0.3) is 11.0 Å². The normalized spacial score (nSPS) is 15.1. The van der Waals surface area contributed by atoms with Gasteiger partial charge in [0, 0.05) is 26.2 Å². The first kappa shape index (κ1) is 18.7. The fourth-order valence-electron chi connectivity index (χ4n) is 3.54. The van der Waals surface area contributed by atoms with Crippen molar-refractivity contribution in [3.05, 3.63) is 60.2 Å². The molecule has 2 aromatic carbocycles. The molecule has 4 rings (SSSR count). The molecular weight excluding hydrogens is 348 g/mol. The van der Waals surface area contributed by atoms with E-state index in [0.29, 0.717) is 12.5 Å². The van der Waals surface area contributed by atoms with Crippen LogP contribution in [0.3, 0.4) is 0 Å². The van der Waals surface area contributed by atoms with E-state index in [1.54, 1.807) is 0 Å². The van der Waals surface area contributed by atoms with Gasteiger partial charge >= 0.3 is 0 Å². The quantitative estimate of drug-likeness (QED) is 0.587. The second-order valence-corrected chi connectivity index (χ2v) is 7.42. The summed E-state index contributed by atoms with van der Waals surface area (Å²) in [4.78, 5) is 14.3. The maximum Gasteiger partial charge on any atom is 0.258 e. The van der Waals surface area contributed by atoms with Gasteiger partial charge in [0.15, 0.2) is 5.82 Å². The average Bonchev–Trinajstić information content (AvgIpc) is 2.74. The van der Waals surface area contributed by atoms with Crippen molar-refractivity contribution < 1.29 is 4.74 Å². The molecule has 2 heterocycles. The van der Waals surface area contributed by atoms with E-state index in [9.17, 15) is 0 Å². The standard InChI is InChI=1S/C23H28N4O/c1-26-14-16-27(17-15-26)22-23(25-21-13-6-5-12-20(21)24-22)28-18-8-7-11-19-9-3-2-4-10-19/h2-6,9-10,12-13H,7-8,11,14-18H2,1H3. The lowest BCUT2D eigenvalue weighted by molar-refractivity contribution is 0.288. The second-order valence-electron chi connectivity index (χ2n) is 7.42. The summed E-state index contributed by atoms with van der Waals surface area (Å²) >= 11 is 0. The number of rotatable bonds is 7. The number of ether oxygens (including phenoxy) is 1. The highest BCUT2D eigenvalue weighted by Gasteiger charge is 2.21. The lowest BCUT2D eigenvalue weighted by Crippen LogP contribution is -2.45. The first-order valence-corrected chi connectivity index (χ1v) is 10.2. The topological polar surface area (TPSA) is 41.5 Å². The number of aromatic nitrogens is 2. The lowest BCUT2D eigenvalue weighted by Gasteiger charge is -2.33. The fraction of sp³-hybridized carbons (Fsp3) is 0.391. The van der Waals surface area contributed by atoms with Crippen LogP contribution in [0.4, 0.5) is 5.82 Å². The fourth-order valence-corrected chi connectivity index (χ4v) is 3.54. The zero-order valence-corrected chi connectivity index (χ0v) is 16.6. The van der Waals surface area contributed by atoms with Crippen LogP contribution in [-0.2, 0) is 6.42 Å². The Balaban J connectivity index is 1.43. The van der Waals surface area contributed by atoms with Crippen LogP contribution in [0.2, 0.25) is 0 Å². The van der Waals surface area contributed by atoms with Crippen molar-refractivity contribution in [2.75, 3.05) is 44.7 Å². The van der Waals surface area contributed by atoms with Gasteiger partial charge in [-0.2, -0.15) is 0 Å². The minimum atomic E-state index is 0.667. The van der Waals surface area contributed by atoms with Gasteiger partial charge in [-0.15, -0.1) is 0 Å². The molecule has 0 amide bonds. The summed E-state index contributed by atoms with van der Waals surface area (Å²) in [5.74, 6) is 1.55. The predicted octanol–water partition coefficient (Wildman–Crippen LogP) is 3.78. The van der Waals surface area contributed by atoms with E-state index in [-0.39, 0.29) is 0 Å². The Hall–Kier alpha value is -2.66. The molecule has 0 unspecified atom stereocenters. The number of anilines is 1. The van der Waals surface area contributed by atoms with Crippen molar-refractivity contribution >= 4 is 16.9 Å². The molecule has 0 spiro atoms. The van der Waals surface area contributed by atoms with Crippen LogP contribution in [0.5, 0.6) is 5.88 Å². The summed E-state index contributed by atoms with van der Waals surface area (Å²) in [6, 6.07) is 18.6. The van der Waals surface area contributed by atoms with Crippen molar-refractivity contribution in [1.82, 2.24) is 14.9 Å². The van der Waals surface area contributed by atoms with E-state index < -0.39 is 0 Å². The van der Waals surface area contributed by atoms with Crippen LogP contribution in [0, 0.1) is 0 Å². The number of fused-ring (bicyclic) bond motifs is 1. The van der Waals surface area contributed by atoms with Gasteiger partial charge in [-0.1, -0.05) is 42.5 Å². The van der Waals surface area contributed by atoms with Crippen LogP contribution in [0.1, 0.15) is 18.4 Å². The number of likely N-dealkylation sites (N-methyl/N-ethyl adjacent to an activating group) is 1. The van der Waals surface area contributed by atoms with Gasteiger partial charge in [0.05, 0.1) is 17.6 Å². The third-order valence-corrected chi connectivity index (χ3v) is 5.27. The molecule has 5 heteroatoms. The zero-order chi connectivity index (χ0) is 19.2. The molecule has 1 aliphatic heterocycles. The molecule has 1 aromatic heterocycles. The first-order valence-electron chi connectivity index (χ1n) is 10.2. The molecule has 0 radical (unpaired) electrons. The summed E-state index contributed by atoms with van der Waals surface area (Å²) in [7, 11) is 2.16. The van der Waals surface area contributed by atoms with Gasteiger partial charge in [0.1, 0.15) is 0 Å². The number of para-hydroxylation sites is 2. The van der Waals surface area contributed by atoms with Gasteiger partial charge < -0.3 is 14.5 Å². The molecule has 0 atom stereocenters. The van der Waals surface area contributed by atoms with E-state index in [1.165, 1.54) is 5.56 Å². The highest BCUT2D eigenvalue weighted by molar-refractivity contribution is 5.77. The Bertz CT molecular complexity index is 892. The zero-order valence-electron chi connectivity index (χ0n) is 16.6. The number of unbranched alkanes of at least 4 members (excludes halogenated alkanes) is 1. The minimum absolute atomic E-state index is 0.667. The maximum atomic E-state index is 6.13. The number of hydrogen-bond donors (Lipinski definition) is 0. The number of piperazine rings is 1. The van der Waals surface area contributed by atoms with Crippen molar-refractivity contribution in [2.45, 2.75) is 19.3 Å². The summed E-state index contributed by atoms with van der Waals surface area (Å²) in [5, 5.41) is 0. The Morgan fingerprint density at radius 2 is 1.50 bits per heavy atom. The number of hydrogen-bond acceptors (Lipinski definition) is 5. The molecule has 1 saturated heterocycles. The van der Waals surface area contributed by atoms with E-state index in [4.69, 9.17) is 14.7 Å². The average molecular weight is 377 g/mol. The molecule has 0 N–H and O–H groups in total. The van der Waals surface area contributed by atoms with Gasteiger partial charge in [-0.25, -0.2) is 9.97 Å². The van der Waals surface area contributed by atoms with E-state index >= 15 is 0 Å². The van der Waals surface area contributed by atoms with E-state index in [2.05, 4.69) is 47.2 Å². The van der Waals surface area contributed by atoms with E-state index in [1.807, 2.05) is 24.3 Å². The smallest absolute Gasteiger partial charge is 0.258 e. The summed E-state index contributed by atoms with van der Waals surface area (Å²) in [6.45, 7) is 4.64. The largest absolute Gasteiger partial charge is 0.475 e. The van der Waals surface area contributed by atoms with E-state index in [0.717, 1.165) is 62.3 Å². The predicted molar refractivity (Wildman–Crippen MR) is 114 cm³/mol. The summed E-state index contributed by atoms with van der Waals surface area (Å²) < 4.78 is 6.13. The molecule has 0 aliphatic carbocycles. The van der Waals surface area contributed by atoms with Gasteiger partial charge in [-0.05, 0) is 44.0 Å². The molecule has 3 aromatic rings. The number of aryl methyl sites for hydroxylation is 1. The first-order chi connectivity index (χ1) is 13.8. The van der Waals surface area contributed by atoms with Crippen LogP contribution in [0.15, 0.2) is 54.6 Å². The Morgan fingerprint density at radius 3 is 2.25 bits per heavy atom. The molecule has 0 bridgehead atoms. The highest BCUT2D eigenvalue weighted by Crippen LogP contribution is 2.28. The van der Waals surface area contributed by atoms with Crippen molar-refractivity contribution in [2.24, 2.45) is 0 Å². The van der Waals surface area contributed by atoms with Crippen molar-refractivity contribution in [3.63, 3.8) is 0 Å². The Kier molecular flexibility index (Phi) is 6.02. The third-order valence-electron chi connectivity index (χ3n) is 5.27. The Labute approximate surface area is 167 Å². The van der Waals surface area contributed by atoms with Crippen molar-refractivity contribution in [3.8, 4) is 5.88 Å². The molecule has 5 nitrogen and oxygen atoms in total. The van der Waals surface area contributed by atoms with Gasteiger partial charge in [0.25, 0.3) is 5.88 Å². The third kappa shape index (κ3) is 4.60. The Morgan fingerprint density at radius 1 is 0.821 bits per heavy atom.